The van der Waals surface area contributed by atoms with Crippen molar-refractivity contribution in [2.75, 3.05) is 5.32 Å². The van der Waals surface area contributed by atoms with Gasteiger partial charge in [-0.3, -0.25) is 5.10 Å². The summed E-state index contributed by atoms with van der Waals surface area (Å²) in [6, 6.07) is 3.95. The van der Waals surface area contributed by atoms with Crippen molar-refractivity contribution in [1.82, 2.24) is 20.2 Å². The van der Waals surface area contributed by atoms with Crippen LogP contribution in [0, 0.1) is 6.92 Å². The van der Waals surface area contributed by atoms with Gasteiger partial charge in [-0.2, -0.15) is 5.10 Å². The van der Waals surface area contributed by atoms with Gasteiger partial charge < -0.3 is 5.32 Å². The summed E-state index contributed by atoms with van der Waals surface area (Å²) in [6.45, 7) is 1.94. The minimum Gasteiger partial charge on any atom is -0.325 e. The van der Waals surface area contributed by atoms with E-state index in [1.165, 1.54) is 12.8 Å². The highest BCUT2D eigenvalue weighted by molar-refractivity contribution is 5.52. The Bertz CT molecular complexity index is 501. The molecule has 2 N–H and O–H groups in total. The third-order valence-electron chi connectivity index (χ3n) is 2.66. The molecule has 0 saturated heterocycles. The number of H-pyrrole nitrogens is 1. The SMILES string of the molecule is Cc1cc(Nc2cc(C3CC3)n[nH]2)ncn1. The maximum Gasteiger partial charge on any atom is 0.135 e. The van der Waals surface area contributed by atoms with Crippen molar-refractivity contribution in [1.29, 1.82) is 0 Å². The fraction of sp³-hybridized carbons (Fsp3) is 0.364. The van der Waals surface area contributed by atoms with Gasteiger partial charge >= 0.3 is 0 Å². The maximum atomic E-state index is 4.27. The highest BCUT2D eigenvalue weighted by atomic mass is 15.2. The molecule has 0 unspecified atom stereocenters. The van der Waals surface area contributed by atoms with Crippen molar-refractivity contribution in [3.05, 3.63) is 29.8 Å². The van der Waals surface area contributed by atoms with Crippen molar-refractivity contribution in [3.63, 3.8) is 0 Å². The molecule has 1 aliphatic carbocycles. The predicted octanol–water partition coefficient (Wildman–Crippen LogP) is 2.13. The Morgan fingerprint density at radius 1 is 1.31 bits per heavy atom. The average molecular weight is 215 g/mol. The number of hydrogen-bond acceptors (Lipinski definition) is 4. The molecule has 16 heavy (non-hydrogen) atoms. The first kappa shape index (κ1) is 9.33. The zero-order valence-corrected chi connectivity index (χ0v) is 9.07. The molecule has 0 spiro atoms. The van der Waals surface area contributed by atoms with Crippen LogP contribution in [0.3, 0.4) is 0 Å². The maximum absolute atomic E-state index is 4.27. The number of nitrogens with one attached hydrogen (secondary N) is 2. The molecule has 3 rings (SSSR count). The van der Waals surface area contributed by atoms with Crippen molar-refractivity contribution >= 4 is 11.6 Å². The summed E-state index contributed by atoms with van der Waals surface area (Å²) < 4.78 is 0. The van der Waals surface area contributed by atoms with Gasteiger partial charge in [0, 0.05) is 23.7 Å². The Morgan fingerprint density at radius 3 is 2.94 bits per heavy atom. The number of anilines is 2. The second-order valence-corrected chi connectivity index (χ2v) is 4.15. The Hall–Kier alpha value is -1.91. The van der Waals surface area contributed by atoms with E-state index in [1.807, 2.05) is 13.0 Å². The van der Waals surface area contributed by atoms with Crippen LogP contribution in [0.25, 0.3) is 0 Å². The van der Waals surface area contributed by atoms with E-state index < -0.39 is 0 Å². The minimum atomic E-state index is 0.666. The van der Waals surface area contributed by atoms with Crippen LogP contribution in [0.4, 0.5) is 11.6 Å². The monoisotopic (exact) mass is 215 g/mol. The van der Waals surface area contributed by atoms with Crippen molar-refractivity contribution < 1.29 is 0 Å². The summed E-state index contributed by atoms with van der Waals surface area (Å²) in [4.78, 5) is 8.18. The first-order chi connectivity index (χ1) is 7.81. The normalized spacial score (nSPS) is 15.1. The largest absolute Gasteiger partial charge is 0.325 e. The first-order valence-electron chi connectivity index (χ1n) is 5.42. The zero-order chi connectivity index (χ0) is 11.0. The van der Waals surface area contributed by atoms with E-state index >= 15 is 0 Å². The van der Waals surface area contributed by atoms with Crippen LogP contribution >= 0.6 is 0 Å². The van der Waals surface area contributed by atoms with Crippen LogP contribution in [0.1, 0.15) is 30.1 Å². The average Bonchev–Trinajstić information content (AvgIpc) is 3.01. The molecular formula is C11H13N5. The van der Waals surface area contributed by atoms with Gasteiger partial charge in [-0.05, 0) is 19.8 Å². The summed E-state index contributed by atoms with van der Waals surface area (Å²) >= 11 is 0. The van der Waals surface area contributed by atoms with Gasteiger partial charge in [0.25, 0.3) is 0 Å². The van der Waals surface area contributed by atoms with E-state index in [-0.39, 0.29) is 0 Å². The predicted molar refractivity (Wildman–Crippen MR) is 60.6 cm³/mol. The Morgan fingerprint density at radius 2 is 2.19 bits per heavy atom. The first-order valence-corrected chi connectivity index (χ1v) is 5.42. The highest BCUT2D eigenvalue weighted by Gasteiger charge is 2.26. The molecule has 0 amide bonds. The molecule has 2 aromatic rings. The highest BCUT2D eigenvalue weighted by Crippen LogP contribution is 2.39. The Kier molecular flexibility index (Phi) is 2.09. The molecule has 0 radical (unpaired) electrons. The lowest BCUT2D eigenvalue weighted by atomic mass is 10.3. The van der Waals surface area contributed by atoms with Crippen LogP contribution in [-0.4, -0.2) is 20.2 Å². The van der Waals surface area contributed by atoms with Gasteiger partial charge in [0.05, 0.1) is 5.69 Å². The molecule has 1 saturated carbocycles. The summed E-state index contributed by atoms with van der Waals surface area (Å²) in [5, 5.41) is 10.4. The number of aryl methyl sites for hydroxylation is 1. The fourth-order valence-corrected chi connectivity index (χ4v) is 1.65. The zero-order valence-electron chi connectivity index (χ0n) is 9.07. The van der Waals surface area contributed by atoms with Gasteiger partial charge in [-0.25, -0.2) is 9.97 Å². The molecule has 1 fully saturated rings. The van der Waals surface area contributed by atoms with E-state index in [2.05, 4.69) is 31.5 Å². The molecule has 2 heterocycles. The van der Waals surface area contributed by atoms with E-state index in [1.54, 1.807) is 6.33 Å². The standard InChI is InChI=1S/C11H13N5/c1-7-4-10(13-6-12-7)14-11-5-9(15-16-11)8-2-3-8/h4-6,8H,2-3H2,1H3,(H2,12,13,14,15,16). The lowest BCUT2D eigenvalue weighted by Gasteiger charge is -2.01. The van der Waals surface area contributed by atoms with Crippen LogP contribution in [0.15, 0.2) is 18.5 Å². The third-order valence-corrected chi connectivity index (χ3v) is 2.66. The van der Waals surface area contributed by atoms with E-state index in [0.29, 0.717) is 5.92 Å². The number of aromatic amines is 1. The van der Waals surface area contributed by atoms with Crippen molar-refractivity contribution in [3.8, 4) is 0 Å². The van der Waals surface area contributed by atoms with Crippen LogP contribution < -0.4 is 5.32 Å². The fourth-order valence-electron chi connectivity index (χ4n) is 1.65. The number of nitrogens with zero attached hydrogens (tertiary/aromatic N) is 3. The third kappa shape index (κ3) is 1.88. The number of hydrogen-bond donors (Lipinski definition) is 2. The van der Waals surface area contributed by atoms with Crippen LogP contribution in [0.5, 0.6) is 0 Å². The van der Waals surface area contributed by atoms with Crippen molar-refractivity contribution in [2.24, 2.45) is 0 Å². The lowest BCUT2D eigenvalue weighted by Crippen LogP contribution is -1.95. The number of aromatic nitrogens is 4. The molecule has 1 aliphatic rings. The molecule has 5 nitrogen and oxygen atoms in total. The minimum absolute atomic E-state index is 0.666. The Labute approximate surface area is 93.3 Å². The molecule has 0 bridgehead atoms. The smallest absolute Gasteiger partial charge is 0.135 e. The molecule has 5 heteroatoms. The summed E-state index contributed by atoms with van der Waals surface area (Å²) in [5.74, 6) is 2.34. The van der Waals surface area contributed by atoms with Crippen LogP contribution in [-0.2, 0) is 0 Å². The molecule has 82 valence electrons. The summed E-state index contributed by atoms with van der Waals surface area (Å²) in [6.07, 6.45) is 4.07. The quantitative estimate of drug-likeness (QED) is 0.823. The van der Waals surface area contributed by atoms with E-state index in [4.69, 9.17) is 0 Å². The van der Waals surface area contributed by atoms with Gasteiger partial charge in [-0.1, -0.05) is 0 Å². The number of rotatable bonds is 3. The molecule has 0 aromatic carbocycles. The van der Waals surface area contributed by atoms with E-state index in [9.17, 15) is 0 Å². The molecule has 0 aliphatic heterocycles. The van der Waals surface area contributed by atoms with Crippen molar-refractivity contribution in [2.45, 2.75) is 25.7 Å². The molecule has 0 atom stereocenters. The molecule has 2 aromatic heterocycles. The second kappa shape index (κ2) is 3.59. The Balaban J connectivity index is 1.77. The lowest BCUT2D eigenvalue weighted by molar-refractivity contribution is 0.966. The van der Waals surface area contributed by atoms with Gasteiger partial charge in [-0.15, -0.1) is 0 Å². The van der Waals surface area contributed by atoms with Gasteiger partial charge in [0.15, 0.2) is 0 Å². The molecular weight excluding hydrogens is 202 g/mol. The summed E-state index contributed by atoms with van der Waals surface area (Å²) in [5.41, 5.74) is 2.09. The van der Waals surface area contributed by atoms with Crippen LogP contribution in [0.2, 0.25) is 0 Å². The van der Waals surface area contributed by atoms with Gasteiger partial charge in [0.1, 0.15) is 18.0 Å². The topological polar surface area (TPSA) is 66.5 Å². The second-order valence-electron chi connectivity index (χ2n) is 4.15. The van der Waals surface area contributed by atoms with Gasteiger partial charge in [0.2, 0.25) is 0 Å². The summed E-state index contributed by atoms with van der Waals surface area (Å²) in [7, 11) is 0. The van der Waals surface area contributed by atoms with E-state index in [0.717, 1.165) is 23.0 Å².